The molecule has 1 heterocycles. The molecule has 0 bridgehead atoms. The number of ether oxygens (including phenoxy) is 1. The van der Waals surface area contributed by atoms with Crippen molar-refractivity contribution in [3.05, 3.63) is 58.9 Å². The Morgan fingerprint density at radius 2 is 1.92 bits per heavy atom. The highest BCUT2D eigenvalue weighted by Gasteiger charge is 2.11. The third kappa shape index (κ3) is 3.99. The molecule has 0 saturated heterocycles. The molecule has 0 aliphatic heterocycles. The molecule has 0 radical (unpaired) electrons. The Hall–Kier alpha value is -2.40. The number of aryl methyl sites for hydroxylation is 2. The van der Waals surface area contributed by atoms with Gasteiger partial charge in [0.15, 0.2) is 4.80 Å². The second-order valence-electron chi connectivity index (χ2n) is 5.66. The van der Waals surface area contributed by atoms with E-state index in [9.17, 15) is 4.79 Å². The number of nitrogens with zero attached hydrogens (tertiary/aromatic N) is 2. The number of carbonyl (C=O) groups is 1. The fourth-order valence-corrected chi connectivity index (χ4v) is 3.94. The van der Waals surface area contributed by atoms with Gasteiger partial charge in [0, 0.05) is 13.0 Å². The Bertz CT molecular complexity index is 926. The lowest BCUT2D eigenvalue weighted by atomic mass is 10.1. The summed E-state index contributed by atoms with van der Waals surface area (Å²) in [5.41, 5.74) is 2.18. The molecule has 0 N–H and O–H groups in total. The Morgan fingerprint density at radius 1 is 1.12 bits per heavy atom. The highest BCUT2D eigenvalue weighted by Crippen LogP contribution is 2.27. The smallest absolute Gasteiger partial charge is 0.248 e. The van der Waals surface area contributed by atoms with Crippen molar-refractivity contribution >= 4 is 27.5 Å². The van der Waals surface area contributed by atoms with Gasteiger partial charge in [-0.05, 0) is 38.0 Å². The van der Waals surface area contributed by atoms with E-state index in [4.69, 9.17) is 4.74 Å². The van der Waals surface area contributed by atoms with Gasteiger partial charge in [0.05, 0.1) is 11.3 Å². The standard InChI is InChI=1S/C20H22N2O2S/c1-3-22-19-16(24-4-2)11-8-12-17(19)25-20(22)21-18(23)14-13-15-9-6-5-7-10-15/h5-12H,3-4,13-14H2,1-2H3. The molecule has 0 aliphatic carbocycles. The summed E-state index contributed by atoms with van der Waals surface area (Å²) in [6.07, 6.45) is 1.13. The number of fused-ring (bicyclic) bond motifs is 1. The highest BCUT2D eigenvalue weighted by atomic mass is 32.1. The van der Waals surface area contributed by atoms with E-state index in [0.29, 0.717) is 19.4 Å². The average Bonchev–Trinajstić information content (AvgIpc) is 2.99. The largest absolute Gasteiger partial charge is 0.492 e. The lowest BCUT2D eigenvalue weighted by molar-refractivity contribution is -0.118. The Balaban J connectivity index is 1.90. The summed E-state index contributed by atoms with van der Waals surface area (Å²) in [6.45, 7) is 5.39. The lowest BCUT2D eigenvalue weighted by Crippen LogP contribution is -2.16. The van der Waals surface area contributed by atoms with Crippen LogP contribution < -0.4 is 9.54 Å². The van der Waals surface area contributed by atoms with E-state index >= 15 is 0 Å². The van der Waals surface area contributed by atoms with Gasteiger partial charge < -0.3 is 9.30 Å². The van der Waals surface area contributed by atoms with E-state index in [1.54, 1.807) is 0 Å². The van der Waals surface area contributed by atoms with Gasteiger partial charge in [-0.1, -0.05) is 47.7 Å². The number of carbonyl (C=O) groups excluding carboxylic acids is 1. The molecule has 0 fully saturated rings. The number of amides is 1. The zero-order valence-corrected chi connectivity index (χ0v) is 15.4. The van der Waals surface area contributed by atoms with Gasteiger partial charge in [0.2, 0.25) is 5.91 Å². The normalized spacial score (nSPS) is 11.8. The Labute approximate surface area is 151 Å². The molecule has 3 rings (SSSR count). The van der Waals surface area contributed by atoms with Crippen LogP contribution in [0.25, 0.3) is 10.2 Å². The molecule has 4 nitrogen and oxygen atoms in total. The van der Waals surface area contributed by atoms with Crippen molar-refractivity contribution in [3.8, 4) is 5.75 Å². The fourth-order valence-electron chi connectivity index (χ4n) is 2.81. The molecular formula is C20H22N2O2S. The maximum absolute atomic E-state index is 12.3. The molecule has 0 spiro atoms. The van der Waals surface area contributed by atoms with Gasteiger partial charge in [-0.2, -0.15) is 4.99 Å². The van der Waals surface area contributed by atoms with E-state index in [0.717, 1.165) is 32.9 Å². The van der Waals surface area contributed by atoms with Gasteiger partial charge in [-0.15, -0.1) is 0 Å². The molecule has 2 aromatic carbocycles. The van der Waals surface area contributed by atoms with Crippen LogP contribution in [0.3, 0.4) is 0 Å². The molecule has 130 valence electrons. The molecule has 0 aliphatic rings. The van der Waals surface area contributed by atoms with Crippen LogP contribution in [0.2, 0.25) is 0 Å². The zero-order chi connectivity index (χ0) is 17.6. The third-order valence-corrected chi connectivity index (χ3v) is 5.01. The van der Waals surface area contributed by atoms with Crippen LogP contribution in [0.5, 0.6) is 5.75 Å². The number of aromatic nitrogens is 1. The number of thiazole rings is 1. The number of para-hydroxylation sites is 1. The molecule has 0 saturated carbocycles. The maximum Gasteiger partial charge on any atom is 0.248 e. The minimum absolute atomic E-state index is 0.0874. The molecule has 0 unspecified atom stereocenters. The van der Waals surface area contributed by atoms with E-state index < -0.39 is 0 Å². The second-order valence-corrected chi connectivity index (χ2v) is 6.67. The van der Waals surface area contributed by atoms with Crippen molar-refractivity contribution in [2.75, 3.05) is 6.61 Å². The van der Waals surface area contributed by atoms with E-state index in [1.165, 1.54) is 11.3 Å². The summed E-state index contributed by atoms with van der Waals surface area (Å²) < 4.78 is 8.89. The molecule has 3 aromatic rings. The highest BCUT2D eigenvalue weighted by molar-refractivity contribution is 7.16. The summed E-state index contributed by atoms with van der Waals surface area (Å²) >= 11 is 1.53. The number of benzene rings is 2. The molecular weight excluding hydrogens is 332 g/mol. The monoisotopic (exact) mass is 354 g/mol. The summed E-state index contributed by atoms with van der Waals surface area (Å²) in [4.78, 5) is 17.4. The lowest BCUT2D eigenvalue weighted by Gasteiger charge is -2.07. The molecule has 5 heteroatoms. The first-order valence-electron chi connectivity index (χ1n) is 8.59. The SMILES string of the molecule is CCOc1cccc2sc(=NC(=O)CCc3ccccc3)n(CC)c12. The molecule has 1 aromatic heterocycles. The number of hydrogen-bond donors (Lipinski definition) is 0. The third-order valence-electron chi connectivity index (χ3n) is 3.97. The van der Waals surface area contributed by atoms with Crippen molar-refractivity contribution in [1.29, 1.82) is 0 Å². The predicted molar refractivity (Wildman–Crippen MR) is 102 cm³/mol. The first-order valence-corrected chi connectivity index (χ1v) is 9.41. The summed E-state index contributed by atoms with van der Waals surface area (Å²) in [7, 11) is 0. The number of rotatable bonds is 6. The van der Waals surface area contributed by atoms with Gasteiger partial charge >= 0.3 is 0 Å². The fraction of sp³-hybridized carbons (Fsp3) is 0.300. The minimum atomic E-state index is -0.0874. The molecule has 25 heavy (non-hydrogen) atoms. The summed E-state index contributed by atoms with van der Waals surface area (Å²) in [5.74, 6) is 0.756. The van der Waals surface area contributed by atoms with E-state index in [2.05, 4.69) is 16.5 Å². The van der Waals surface area contributed by atoms with Crippen LogP contribution in [-0.2, 0) is 17.8 Å². The zero-order valence-electron chi connectivity index (χ0n) is 14.6. The second kappa shape index (κ2) is 8.12. The van der Waals surface area contributed by atoms with Crippen molar-refractivity contribution in [3.63, 3.8) is 0 Å². The quantitative estimate of drug-likeness (QED) is 0.666. The average molecular weight is 354 g/mol. The predicted octanol–water partition coefficient (Wildman–Crippen LogP) is 4.18. The van der Waals surface area contributed by atoms with E-state index in [1.807, 2.05) is 55.5 Å². The summed E-state index contributed by atoms with van der Waals surface area (Å²) in [6, 6.07) is 16.0. The molecule has 0 atom stereocenters. The molecule has 1 amide bonds. The van der Waals surface area contributed by atoms with Crippen LogP contribution in [0.1, 0.15) is 25.8 Å². The maximum atomic E-state index is 12.3. The first kappa shape index (κ1) is 17.4. The van der Waals surface area contributed by atoms with Crippen LogP contribution in [0.4, 0.5) is 0 Å². The van der Waals surface area contributed by atoms with Gasteiger partial charge in [-0.25, -0.2) is 0 Å². The van der Waals surface area contributed by atoms with Crippen molar-refractivity contribution in [1.82, 2.24) is 4.57 Å². The Morgan fingerprint density at radius 3 is 2.64 bits per heavy atom. The van der Waals surface area contributed by atoms with E-state index in [-0.39, 0.29) is 5.91 Å². The minimum Gasteiger partial charge on any atom is -0.492 e. The van der Waals surface area contributed by atoms with Crippen molar-refractivity contribution in [2.24, 2.45) is 4.99 Å². The van der Waals surface area contributed by atoms with Crippen LogP contribution in [0, 0.1) is 0 Å². The Kier molecular flexibility index (Phi) is 5.66. The van der Waals surface area contributed by atoms with Crippen LogP contribution in [-0.4, -0.2) is 17.1 Å². The van der Waals surface area contributed by atoms with Crippen molar-refractivity contribution in [2.45, 2.75) is 33.2 Å². The van der Waals surface area contributed by atoms with Gasteiger partial charge in [0.25, 0.3) is 0 Å². The van der Waals surface area contributed by atoms with Gasteiger partial charge in [-0.3, -0.25) is 4.79 Å². The number of hydrogen-bond acceptors (Lipinski definition) is 3. The summed E-state index contributed by atoms with van der Waals surface area (Å²) in [5, 5.41) is 0. The first-order chi connectivity index (χ1) is 12.2. The van der Waals surface area contributed by atoms with Crippen molar-refractivity contribution < 1.29 is 9.53 Å². The van der Waals surface area contributed by atoms with Crippen LogP contribution in [0.15, 0.2) is 53.5 Å². The van der Waals surface area contributed by atoms with Crippen LogP contribution >= 0.6 is 11.3 Å². The van der Waals surface area contributed by atoms with Gasteiger partial charge in [0.1, 0.15) is 11.3 Å². The topological polar surface area (TPSA) is 43.6 Å².